The van der Waals surface area contributed by atoms with Crippen LogP contribution in [0.3, 0.4) is 0 Å². The molecule has 1 aromatic heterocycles. The standard InChI is InChI=1S/C10H11BrN4/c1-6(3-4-7(2)11)9-8(5-12)10(13)15-14-9/h3-4H,1-2H3,(H3,13,14,15)/b6-3+,7-4+. The van der Waals surface area contributed by atoms with Gasteiger partial charge in [0, 0.05) is 0 Å². The Labute approximate surface area is 96.6 Å². The molecule has 0 saturated heterocycles. The van der Waals surface area contributed by atoms with Gasteiger partial charge in [0.25, 0.3) is 0 Å². The number of hydrogen-bond acceptors (Lipinski definition) is 3. The van der Waals surface area contributed by atoms with Crippen molar-refractivity contribution in [1.82, 2.24) is 10.2 Å². The molecule has 0 unspecified atom stereocenters. The summed E-state index contributed by atoms with van der Waals surface area (Å²) in [7, 11) is 0. The second-order valence-corrected chi connectivity index (χ2v) is 4.32. The zero-order chi connectivity index (χ0) is 11.4. The van der Waals surface area contributed by atoms with Gasteiger partial charge in [0.2, 0.25) is 0 Å². The summed E-state index contributed by atoms with van der Waals surface area (Å²) in [6, 6.07) is 2.02. The van der Waals surface area contributed by atoms with Crippen molar-refractivity contribution in [3.8, 4) is 6.07 Å². The van der Waals surface area contributed by atoms with Gasteiger partial charge in [0.1, 0.15) is 11.6 Å². The van der Waals surface area contributed by atoms with E-state index in [1.165, 1.54) is 0 Å². The second kappa shape index (κ2) is 4.80. The van der Waals surface area contributed by atoms with Gasteiger partial charge in [-0.25, -0.2) is 0 Å². The molecule has 0 aromatic carbocycles. The van der Waals surface area contributed by atoms with Crippen molar-refractivity contribution in [1.29, 1.82) is 5.26 Å². The van der Waals surface area contributed by atoms with Crippen LogP contribution in [-0.2, 0) is 0 Å². The van der Waals surface area contributed by atoms with Crippen LogP contribution in [0.2, 0.25) is 0 Å². The van der Waals surface area contributed by atoms with Crippen LogP contribution in [0.5, 0.6) is 0 Å². The molecule has 0 radical (unpaired) electrons. The lowest BCUT2D eigenvalue weighted by atomic mass is 10.1. The molecule has 78 valence electrons. The van der Waals surface area contributed by atoms with E-state index in [-0.39, 0.29) is 5.82 Å². The van der Waals surface area contributed by atoms with Crippen LogP contribution in [0.1, 0.15) is 25.1 Å². The van der Waals surface area contributed by atoms with Gasteiger partial charge in [0.15, 0.2) is 5.82 Å². The third-order valence-corrected chi connectivity index (χ3v) is 2.13. The molecular formula is C10H11BrN4. The summed E-state index contributed by atoms with van der Waals surface area (Å²) >= 11 is 3.32. The number of hydrogen-bond donors (Lipinski definition) is 2. The largest absolute Gasteiger partial charge is 0.381 e. The summed E-state index contributed by atoms with van der Waals surface area (Å²) in [5.41, 5.74) is 7.50. The SMILES string of the molecule is C/C(Br)=C\C=C(/C)c1[nH]nc(N)c1C#N. The van der Waals surface area contributed by atoms with Crippen LogP contribution >= 0.6 is 15.9 Å². The predicted molar refractivity (Wildman–Crippen MR) is 64.1 cm³/mol. The highest BCUT2D eigenvalue weighted by molar-refractivity contribution is 9.11. The van der Waals surface area contributed by atoms with Gasteiger partial charge >= 0.3 is 0 Å². The highest BCUT2D eigenvalue weighted by atomic mass is 79.9. The van der Waals surface area contributed by atoms with Gasteiger partial charge in [-0.15, -0.1) is 0 Å². The molecular weight excluding hydrogens is 256 g/mol. The van der Waals surface area contributed by atoms with Crippen molar-refractivity contribution in [2.45, 2.75) is 13.8 Å². The number of anilines is 1. The van der Waals surface area contributed by atoms with E-state index < -0.39 is 0 Å². The Hall–Kier alpha value is -1.54. The lowest BCUT2D eigenvalue weighted by molar-refractivity contribution is 1.08. The quantitative estimate of drug-likeness (QED) is 0.808. The first kappa shape index (κ1) is 11.5. The number of nitrogens with two attached hydrogens (primary N) is 1. The molecule has 1 heterocycles. The average molecular weight is 267 g/mol. The molecule has 3 N–H and O–H groups in total. The first-order chi connectivity index (χ1) is 7.06. The monoisotopic (exact) mass is 266 g/mol. The first-order valence-corrected chi connectivity index (χ1v) is 5.10. The van der Waals surface area contributed by atoms with Gasteiger partial charge in [0.05, 0.1) is 5.69 Å². The van der Waals surface area contributed by atoms with E-state index in [4.69, 9.17) is 11.0 Å². The number of rotatable bonds is 2. The van der Waals surface area contributed by atoms with E-state index >= 15 is 0 Å². The number of nitriles is 1. The van der Waals surface area contributed by atoms with Crippen LogP contribution in [0.4, 0.5) is 5.82 Å². The van der Waals surface area contributed by atoms with E-state index in [0.29, 0.717) is 11.3 Å². The third-order valence-electron chi connectivity index (χ3n) is 1.86. The minimum atomic E-state index is 0.236. The van der Waals surface area contributed by atoms with Gasteiger partial charge in [-0.2, -0.15) is 10.4 Å². The van der Waals surface area contributed by atoms with Crippen molar-refractivity contribution in [2.24, 2.45) is 0 Å². The number of H-pyrrole nitrogens is 1. The number of aromatic nitrogens is 2. The molecule has 0 aliphatic rings. The van der Waals surface area contributed by atoms with Gasteiger partial charge in [-0.1, -0.05) is 28.1 Å². The minimum absolute atomic E-state index is 0.236. The molecule has 1 rings (SSSR count). The Bertz CT molecular complexity index is 458. The summed E-state index contributed by atoms with van der Waals surface area (Å²) in [6.07, 6.45) is 3.78. The number of nitrogens with one attached hydrogen (secondary N) is 1. The lowest BCUT2D eigenvalue weighted by Crippen LogP contribution is -1.88. The Balaban J connectivity index is 3.13. The van der Waals surface area contributed by atoms with Gasteiger partial charge < -0.3 is 5.73 Å². The van der Waals surface area contributed by atoms with E-state index in [0.717, 1.165) is 10.1 Å². The maximum Gasteiger partial charge on any atom is 0.163 e. The van der Waals surface area contributed by atoms with E-state index in [1.54, 1.807) is 0 Å². The molecule has 4 nitrogen and oxygen atoms in total. The fraction of sp³-hybridized carbons (Fsp3) is 0.200. The minimum Gasteiger partial charge on any atom is -0.381 e. The topological polar surface area (TPSA) is 78.5 Å². The Kier molecular flexibility index (Phi) is 3.69. The Morgan fingerprint density at radius 3 is 2.73 bits per heavy atom. The number of aromatic amines is 1. The molecule has 1 aromatic rings. The van der Waals surface area contributed by atoms with Crippen LogP contribution in [0.15, 0.2) is 16.6 Å². The third kappa shape index (κ3) is 2.70. The molecule has 0 saturated carbocycles. The maximum atomic E-state index is 8.87. The van der Waals surface area contributed by atoms with Crippen molar-refractivity contribution >= 4 is 27.3 Å². The molecule has 15 heavy (non-hydrogen) atoms. The van der Waals surface area contributed by atoms with Gasteiger partial charge in [-0.3, -0.25) is 5.10 Å². The molecule has 0 spiro atoms. The summed E-state index contributed by atoms with van der Waals surface area (Å²) in [6.45, 7) is 3.82. The molecule has 0 amide bonds. The Morgan fingerprint density at radius 1 is 1.53 bits per heavy atom. The lowest BCUT2D eigenvalue weighted by Gasteiger charge is -1.95. The smallest absolute Gasteiger partial charge is 0.163 e. The zero-order valence-electron chi connectivity index (χ0n) is 8.50. The average Bonchev–Trinajstić information content (AvgIpc) is 2.55. The molecule has 0 bridgehead atoms. The van der Waals surface area contributed by atoms with Crippen LogP contribution in [0.25, 0.3) is 5.57 Å². The summed E-state index contributed by atoms with van der Waals surface area (Å²) < 4.78 is 1.01. The fourth-order valence-corrected chi connectivity index (χ4v) is 1.21. The van der Waals surface area contributed by atoms with E-state index in [1.807, 2.05) is 32.1 Å². The number of nitrogen functional groups attached to an aromatic ring is 1. The Morgan fingerprint density at radius 2 is 2.20 bits per heavy atom. The number of nitrogens with zero attached hydrogens (tertiary/aromatic N) is 2. The summed E-state index contributed by atoms with van der Waals surface area (Å²) in [4.78, 5) is 0. The molecule has 0 atom stereocenters. The zero-order valence-corrected chi connectivity index (χ0v) is 10.1. The fourth-order valence-electron chi connectivity index (χ4n) is 1.08. The van der Waals surface area contributed by atoms with Crippen molar-refractivity contribution in [3.63, 3.8) is 0 Å². The van der Waals surface area contributed by atoms with Crippen LogP contribution in [0, 0.1) is 11.3 Å². The number of allylic oxidation sites excluding steroid dienone is 4. The first-order valence-electron chi connectivity index (χ1n) is 4.31. The molecule has 5 heteroatoms. The van der Waals surface area contributed by atoms with Crippen LogP contribution < -0.4 is 5.73 Å². The van der Waals surface area contributed by atoms with Gasteiger partial charge in [-0.05, 0) is 23.9 Å². The van der Waals surface area contributed by atoms with Crippen molar-refractivity contribution in [2.75, 3.05) is 5.73 Å². The molecule has 0 fully saturated rings. The van der Waals surface area contributed by atoms with Crippen LogP contribution in [-0.4, -0.2) is 10.2 Å². The number of halogens is 1. The normalized spacial score (nSPS) is 12.7. The highest BCUT2D eigenvalue weighted by Gasteiger charge is 2.10. The van der Waals surface area contributed by atoms with E-state index in [2.05, 4.69) is 26.1 Å². The molecule has 0 aliphatic carbocycles. The van der Waals surface area contributed by atoms with Crippen molar-refractivity contribution in [3.05, 3.63) is 27.9 Å². The van der Waals surface area contributed by atoms with Crippen molar-refractivity contribution < 1.29 is 0 Å². The molecule has 0 aliphatic heterocycles. The maximum absolute atomic E-state index is 8.87. The summed E-state index contributed by atoms with van der Waals surface area (Å²) in [5, 5.41) is 15.4. The predicted octanol–water partition coefficient (Wildman–Crippen LogP) is 2.57. The second-order valence-electron chi connectivity index (χ2n) is 3.07. The highest BCUT2D eigenvalue weighted by Crippen LogP contribution is 2.20. The van der Waals surface area contributed by atoms with E-state index in [9.17, 15) is 0 Å². The summed E-state index contributed by atoms with van der Waals surface area (Å²) in [5.74, 6) is 0.236.